The average Bonchev–Trinajstić information content (AvgIpc) is 2.90. The average molecular weight is 575 g/mol. The summed E-state index contributed by atoms with van der Waals surface area (Å²) in [5.41, 5.74) is 15.4. The quantitative estimate of drug-likeness (QED) is 0.224. The molecule has 3 aromatic rings. The highest BCUT2D eigenvalue weighted by Gasteiger charge is 2.25. The van der Waals surface area contributed by atoms with Crippen LogP contribution in [0.5, 0.6) is 0 Å². The van der Waals surface area contributed by atoms with Gasteiger partial charge in [0.15, 0.2) is 13.2 Å². The summed E-state index contributed by atoms with van der Waals surface area (Å²) in [6.45, 7) is 8.98. The zero-order chi connectivity index (χ0) is 29.0. The molecule has 0 radical (unpaired) electrons. The summed E-state index contributed by atoms with van der Waals surface area (Å²) < 4.78 is 38.7. The first kappa shape index (κ1) is 35.9. The number of halogens is 4. The molecule has 3 rings (SSSR count). The molecule has 0 aromatic heterocycles. The lowest BCUT2D eigenvalue weighted by Gasteiger charge is -2.24. The normalized spacial score (nSPS) is 10.3. The minimum Gasteiger partial charge on any atom is -0.432 e. The molecule has 0 aliphatic carbocycles. The Labute approximate surface area is 236 Å². The Morgan fingerprint density at radius 3 is 1.42 bits per heavy atom. The molecule has 38 heavy (non-hydrogen) atoms. The molecule has 0 aliphatic rings. The number of rotatable bonds is 8. The lowest BCUT2D eigenvalue weighted by atomic mass is 9.82. The van der Waals surface area contributed by atoms with Gasteiger partial charge in [0.25, 0.3) is 0 Å². The van der Waals surface area contributed by atoms with Gasteiger partial charge in [0.05, 0.1) is 49.9 Å². The molecule has 5 N–H and O–H groups in total. The lowest BCUT2D eigenvalue weighted by Crippen LogP contribution is -2.28. The van der Waals surface area contributed by atoms with Crippen LogP contribution in [-0.4, -0.2) is 45.3 Å². The maximum Gasteiger partial charge on any atom is 0.157 e. The van der Waals surface area contributed by atoms with Gasteiger partial charge in [0, 0.05) is 0 Å². The van der Waals surface area contributed by atoms with Crippen LogP contribution in [0.25, 0.3) is 22.3 Å². The van der Waals surface area contributed by atoms with Crippen LogP contribution in [0.15, 0.2) is 66.7 Å². The first-order valence-electron chi connectivity index (χ1n) is 12.1. The second-order valence-corrected chi connectivity index (χ2v) is 9.31. The van der Waals surface area contributed by atoms with Crippen LogP contribution in [0, 0.1) is 11.6 Å². The van der Waals surface area contributed by atoms with E-state index in [1.54, 1.807) is 24.3 Å². The number of ether oxygens (including phenoxy) is 1. The second kappa shape index (κ2) is 20.8. The summed E-state index contributed by atoms with van der Waals surface area (Å²) in [5, 5.41) is 0. The maximum absolute atomic E-state index is 13.4. The minimum absolute atomic E-state index is 0.194. The molecule has 0 aliphatic heterocycles. The highest BCUT2D eigenvalue weighted by molar-refractivity contribution is 6.07. The summed E-state index contributed by atoms with van der Waals surface area (Å²) in [7, 11) is 2.78. The largest absolute Gasteiger partial charge is 0.432 e. The van der Waals surface area contributed by atoms with Crippen molar-refractivity contribution >= 4 is 23.7 Å². The van der Waals surface area contributed by atoms with E-state index in [0.29, 0.717) is 19.8 Å². The monoisotopic (exact) mass is 573 g/mol. The summed E-state index contributed by atoms with van der Waals surface area (Å²) in [4.78, 5) is 0. The molecule has 0 atom stereocenters. The Morgan fingerprint density at radius 2 is 1.11 bits per heavy atom. The third kappa shape index (κ3) is 14.2. The second-order valence-electron chi connectivity index (χ2n) is 8.69. The molecule has 0 heterocycles. The van der Waals surface area contributed by atoms with Crippen LogP contribution >= 0.6 is 23.7 Å². The van der Waals surface area contributed by atoms with Gasteiger partial charge in [-0.25, -0.2) is 8.78 Å². The van der Waals surface area contributed by atoms with Crippen LogP contribution < -0.4 is 11.5 Å². The van der Waals surface area contributed by atoms with Gasteiger partial charge in [-0.2, -0.15) is 0 Å². The molecule has 0 saturated carbocycles. The Balaban J connectivity index is 0.00000118. The van der Waals surface area contributed by atoms with Crippen LogP contribution in [0.2, 0.25) is 0 Å². The first-order valence-corrected chi connectivity index (χ1v) is 12.8. The zero-order valence-electron chi connectivity index (χ0n) is 22.8. The molecule has 3 aromatic carbocycles. The minimum atomic E-state index is -0.264. The number of hydrogen-bond acceptors (Lipinski definition) is 4. The van der Waals surface area contributed by atoms with E-state index in [4.69, 9.17) is 11.5 Å². The van der Waals surface area contributed by atoms with Crippen LogP contribution in [0.4, 0.5) is 8.78 Å². The van der Waals surface area contributed by atoms with Crippen molar-refractivity contribution in [2.45, 2.75) is 32.6 Å². The topological polar surface area (TPSA) is 83.3 Å². The fourth-order valence-corrected chi connectivity index (χ4v) is 3.18. The van der Waals surface area contributed by atoms with E-state index in [0.717, 1.165) is 40.8 Å². The number of benzene rings is 3. The molecule has 0 amide bonds. The summed E-state index contributed by atoms with van der Waals surface area (Å²) >= 11 is 9.00. The van der Waals surface area contributed by atoms with E-state index in [2.05, 4.69) is 76.0 Å². The van der Waals surface area contributed by atoms with Gasteiger partial charge >= 0.3 is 0 Å². The van der Waals surface area contributed by atoms with Crippen LogP contribution in [-0.2, 0) is 14.0 Å². The molecule has 0 saturated heterocycles. The van der Waals surface area contributed by atoms with Crippen molar-refractivity contribution in [1.29, 1.82) is 0 Å². The molecule has 5 nitrogen and oxygen atoms in total. The van der Waals surface area contributed by atoms with Crippen LogP contribution in [0.3, 0.4) is 0 Å². The molecular weight excluding hydrogens is 533 g/mol. The molecule has 0 spiro atoms. The van der Waals surface area contributed by atoms with Gasteiger partial charge in [-0.05, 0) is 85.0 Å². The molecule has 212 valence electrons. The molecule has 9 heteroatoms. The smallest absolute Gasteiger partial charge is 0.157 e. The molecule has 0 unspecified atom stereocenters. The molecular formula is C29H41Cl2F2N2O3+. The van der Waals surface area contributed by atoms with Crippen molar-refractivity contribution < 1.29 is 22.1 Å². The van der Waals surface area contributed by atoms with E-state index < -0.39 is 0 Å². The third-order valence-corrected chi connectivity index (χ3v) is 5.15. The Bertz CT molecular complexity index is 938. The van der Waals surface area contributed by atoms with E-state index >= 15 is 0 Å². The predicted octanol–water partition coefficient (Wildman–Crippen LogP) is 6.99. The van der Waals surface area contributed by atoms with Crippen molar-refractivity contribution in [2.75, 3.05) is 40.5 Å². The molecule has 0 fully saturated rings. The van der Waals surface area contributed by atoms with Crippen molar-refractivity contribution in [3.8, 4) is 22.3 Å². The van der Waals surface area contributed by atoms with Gasteiger partial charge in [-0.15, -0.1) is 0 Å². The first-order chi connectivity index (χ1) is 18.1. The Hall–Kier alpha value is -2.10. The Morgan fingerprint density at radius 1 is 0.737 bits per heavy atom. The summed E-state index contributed by atoms with van der Waals surface area (Å²) in [5.74, 6) is -0.529. The van der Waals surface area contributed by atoms with Gasteiger partial charge in [0.1, 0.15) is 11.6 Å². The zero-order valence-corrected chi connectivity index (χ0v) is 24.3. The van der Waals surface area contributed by atoms with E-state index in [1.165, 1.54) is 38.5 Å². The summed E-state index contributed by atoms with van der Waals surface area (Å²) in [6, 6.07) is 19.2. The van der Waals surface area contributed by atoms with Gasteiger partial charge in [-0.1, -0.05) is 43.3 Å². The highest BCUT2D eigenvalue weighted by atomic mass is 35.5. The van der Waals surface area contributed by atoms with Gasteiger partial charge < -0.3 is 16.2 Å². The standard InChI is InChI=1S/C24H25F2NO.C3H9N.2CH3ClO/c1-24(2,16-28-12-11-27)21-14-19(17-3-7-22(25)8-4-17)13-20(15-21)18-5-9-23(26)10-6-18;1-2-3-4;2*1-3-2/h3-10,13-15H,11-12,16,27H2,1-2H3;2-4H2,1H3;2*1H3/p+1. The number of hydrogen-bond donors (Lipinski definition) is 2. The maximum atomic E-state index is 13.4. The Kier molecular flexibility index (Phi) is 19.7. The van der Waals surface area contributed by atoms with Gasteiger partial charge in [-0.3, -0.25) is 8.58 Å². The number of aliphatic hydroxyl groups is 2. The van der Waals surface area contributed by atoms with E-state index in [1.807, 2.05) is 0 Å². The number of nitrogens with two attached hydrogens (primary N) is 2. The van der Waals surface area contributed by atoms with Crippen LogP contribution in [0.1, 0.15) is 32.8 Å². The highest BCUT2D eigenvalue weighted by Crippen LogP contribution is 2.34. The van der Waals surface area contributed by atoms with Crippen molar-refractivity contribution in [3.05, 3.63) is 83.9 Å². The van der Waals surface area contributed by atoms with Crippen molar-refractivity contribution in [3.63, 3.8) is 0 Å². The predicted molar refractivity (Wildman–Crippen MR) is 156 cm³/mol. The molecule has 0 bridgehead atoms. The van der Waals surface area contributed by atoms with Crippen molar-refractivity contribution in [2.24, 2.45) is 11.5 Å². The van der Waals surface area contributed by atoms with Gasteiger partial charge in [0.2, 0.25) is 0 Å². The lowest BCUT2D eigenvalue weighted by molar-refractivity contribution is -0.0571. The summed E-state index contributed by atoms with van der Waals surface area (Å²) in [6.07, 6.45) is 1.10. The fraction of sp³-hybridized carbons (Fsp3) is 0.379. The SMILES string of the molecule is CC(C)(C[OH+]CCN)c1cc(-c2ccc(F)cc2)cc(-c2ccc(F)cc2)c1.CCCN.COCl.COCl. The van der Waals surface area contributed by atoms with E-state index in [-0.39, 0.29) is 17.0 Å². The third-order valence-electron chi connectivity index (χ3n) is 5.15. The van der Waals surface area contributed by atoms with E-state index in [9.17, 15) is 8.78 Å². The fourth-order valence-electron chi connectivity index (χ4n) is 3.18. The van der Waals surface area contributed by atoms with Crippen molar-refractivity contribution in [1.82, 2.24) is 0 Å².